The van der Waals surface area contributed by atoms with E-state index in [1.165, 1.54) is 6.26 Å². The molecule has 0 amide bonds. The molecule has 0 saturated heterocycles. The number of rotatable bonds is 2. The van der Waals surface area contributed by atoms with Gasteiger partial charge in [-0.1, -0.05) is 0 Å². The van der Waals surface area contributed by atoms with Crippen LogP contribution in [0.4, 0.5) is 0 Å². The van der Waals surface area contributed by atoms with Gasteiger partial charge in [-0.15, -0.1) is 0 Å². The number of hydrogen-bond acceptors (Lipinski definition) is 2. The van der Waals surface area contributed by atoms with Crippen LogP contribution in [0.3, 0.4) is 0 Å². The zero-order chi connectivity index (χ0) is 9.35. The van der Waals surface area contributed by atoms with E-state index in [1.54, 1.807) is 26.8 Å². The molecule has 0 radical (unpaired) electrons. The summed E-state index contributed by atoms with van der Waals surface area (Å²) in [7, 11) is 0. The van der Waals surface area contributed by atoms with E-state index >= 15 is 0 Å². The minimum atomic E-state index is -0.864. The van der Waals surface area contributed by atoms with Crippen molar-refractivity contribution in [3.63, 3.8) is 0 Å². The molecule has 0 bridgehead atoms. The van der Waals surface area contributed by atoms with Crippen LogP contribution in [0.1, 0.15) is 25.2 Å². The Hall–Kier alpha value is -1.25. The summed E-state index contributed by atoms with van der Waals surface area (Å²) in [6, 6.07) is 1.70. The van der Waals surface area contributed by atoms with E-state index in [1.807, 2.05) is 0 Å². The van der Waals surface area contributed by atoms with Crippen LogP contribution in [-0.4, -0.2) is 11.1 Å². The fraction of sp³-hybridized carbons (Fsp3) is 0.444. The molecule has 12 heavy (non-hydrogen) atoms. The first-order chi connectivity index (χ1) is 5.46. The molecule has 0 aliphatic rings. The molecule has 0 unspecified atom stereocenters. The number of carbonyl (C=O) groups is 1. The summed E-state index contributed by atoms with van der Waals surface area (Å²) < 4.78 is 5.04. The van der Waals surface area contributed by atoms with Crippen molar-refractivity contribution in [1.29, 1.82) is 0 Å². The molecule has 0 aliphatic heterocycles. The van der Waals surface area contributed by atoms with Crippen LogP contribution in [0, 0.1) is 6.92 Å². The highest BCUT2D eigenvalue weighted by atomic mass is 16.4. The molecule has 1 aromatic heterocycles. The molecular weight excluding hydrogens is 156 g/mol. The van der Waals surface area contributed by atoms with Gasteiger partial charge in [0.2, 0.25) is 0 Å². The molecule has 0 fully saturated rings. The Morgan fingerprint density at radius 3 is 2.50 bits per heavy atom. The highest BCUT2D eigenvalue weighted by Crippen LogP contribution is 2.26. The fourth-order valence-electron chi connectivity index (χ4n) is 1.15. The van der Waals surface area contributed by atoms with E-state index in [4.69, 9.17) is 9.52 Å². The molecule has 1 aromatic rings. The van der Waals surface area contributed by atoms with Gasteiger partial charge in [0.25, 0.3) is 0 Å². The van der Waals surface area contributed by atoms with Gasteiger partial charge in [0.1, 0.15) is 5.76 Å². The van der Waals surface area contributed by atoms with E-state index < -0.39 is 11.4 Å². The van der Waals surface area contributed by atoms with Gasteiger partial charge >= 0.3 is 5.97 Å². The zero-order valence-electron chi connectivity index (χ0n) is 7.42. The van der Waals surface area contributed by atoms with Crippen molar-refractivity contribution in [2.24, 2.45) is 0 Å². The molecule has 3 heteroatoms. The summed E-state index contributed by atoms with van der Waals surface area (Å²) in [4.78, 5) is 10.8. The lowest BCUT2D eigenvalue weighted by molar-refractivity contribution is -0.142. The number of furan rings is 1. The van der Waals surface area contributed by atoms with Gasteiger partial charge in [-0.2, -0.15) is 0 Å². The Morgan fingerprint density at radius 1 is 1.58 bits per heavy atom. The minimum Gasteiger partial charge on any atom is -0.481 e. The molecular formula is C9H12O3. The van der Waals surface area contributed by atoms with Crippen molar-refractivity contribution >= 4 is 5.97 Å². The van der Waals surface area contributed by atoms with Gasteiger partial charge < -0.3 is 9.52 Å². The van der Waals surface area contributed by atoms with Crippen molar-refractivity contribution in [2.75, 3.05) is 0 Å². The van der Waals surface area contributed by atoms with Crippen LogP contribution >= 0.6 is 0 Å². The second kappa shape index (κ2) is 2.66. The Bertz CT molecular complexity index is 296. The summed E-state index contributed by atoms with van der Waals surface area (Å²) >= 11 is 0. The third kappa shape index (κ3) is 1.22. The van der Waals surface area contributed by atoms with Gasteiger partial charge in [0.15, 0.2) is 0 Å². The van der Waals surface area contributed by atoms with Gasteiger partial charge in [-0.25, -0.2) is 0 Å². The van der Waals surface area contributed by atoms with E-state index in [-0.39, 0.29) is 0 Å². The summed E-state index contributed by atoms with van der Waals surface area (Å²) in [5, 5.41) is 8.90. The molecule has 1 N–H and O–H groups in total. The van der Waals surface area contributed by atoms with Crippen LogP contribution in [0.5, 0.6) is 0 Å². The van der Waals surface area contributed by atoms with Crippen molar-refractivity contribution in [3.05, 3.63) is 23.7 Å². The quantitative estimate of drug-likeness (QED) is 0.734. The van der Waals surface area contributed by atoms with Crippen LogP contribution in [0.15, 0.2) is 16.7 Å². The van der Waals surface area contributed by atoms with Crippen molar-refractivity contribution < 1.29 is 14.3 Å². The second-order valence-electron chi connectivity index (χ2n) is 3.32. The molecule has 1 heterocycles. The molecule has 0 aliphatic carbocycles. The first-order valence-corrected chi connectivity index (χ1v) is 3.74. The lowest BCUT2D eigenvalue weighted by Crippen LogP contribution is -2.28. The Morgan fingerprint density at radius 2 is 2.17 bits per heavy atom. The predicted octanol–water partition coefficient (Wildman–Crippen LogP) is 1.95. The first kappa shape index (κ1) is 8.84. The summed E-state index contributed by atoms with van der Waals surface area (Å²) in [6.45, 7) is 5.08. The lowest BCUT2D eigenvalue weighted by Gasteiger charge is -2.17. The summed E-state index contributed by atoms with van der Waals surface area (Å²) in [6.07, 6.45) is 1.51. The van der Waals surface area contributed by atoms with Crippen LogP contribution in [-0.2, 0) is 10.2 Å². The Kier molecular flexibility index (Phi) is 1.96. The molecule has 0 atom stereocenters. The third-order valence-corrected chi connectivity index (χ3v) is 2.07. The molecule has 66 valence electrons. The number of aryl methyl sites for hydroxylation is 1. The summed E-state index contributed by atoms with van der Waals surface area (Å²) in [5.74, 6) is -0.172. The lowest BCUT2D eigenvalue weighted by atomic mass is 9.85. The van der Waals surface area contributed by atoms with Crippen molar-refractivity contribution in [1.82, 2.24) is 0 Å². The van der Waals surface area contributed by atoms with Gasteiger partial charge in [-0.05, 0) is 26.8 Å². The highest BCUT2D eigenvalue weighted by molar-refractivity contribution is 5.80. The Balaban J connectivity index is 3.13. The normalized spacial score (nSPS) is 11.6. The molecule has 0 spiro atoms. The van der Waals surface area contributed by atoms with E-state index in [0.717, 1.165) is 5.56 Å². The number of aliphatic carboxylic acids is 1. The Labute approximate surface area is 71.0 Å². The largest absolute Gasteiger partial charge is 0.481 e. The van der Waals surface area contributed by atoms with Crippen LogP contribution in [0.25, 0.3) is 0 Å². The molecule has 3 nitrogen and oxygen atoms in total. The minimum absolute atomic E-state index is 0.669. The second-order valence-corrected chi connectivity index (χ2v) is 3.32. The zero-order valence-corrected chi connectivity index (χ0v) is 7.42. The fourth-order valence-corrected chi connectivity index (χ4v) is 1.15. The number of carboxylic acids is 1. The van der Waals surface area contributed by atoms with E-state index in [9.17, 15) is 4.79 Å². The van der Waals surface area contributed by atoms with Crippen LogP contribution < -0.4 is 0 Å². The average Bonchev–Trinajstić information content (AvgIpc) is 2.35. The maximum atomic E-state index is 10.8. The van der Waals surface area contributed by atoms with Gasteiger partial charge in [-0.3, -0.25) is 4.79 Å². The summed E-state index contributed by atoms with van der Waals surface area (Å²) in [5.41, 5.74) is -0.133. The number of carboxylic acid groups (broad SMARTS) is 1. The first-order valence-electron chi connectivity index (χ1n) is 3.74. The van der Waals surface area contributed by atoms with Crippen molar-refractivity contribution in [2.45, 2.75) is 26.2 Å². The van der Waals surface area contributed by atoms with E-state index in [0.29, 0.717) is 5.76 Å². The maximum absolute atomic E-state index is 10.8. The number of hydrogen-bond donors (Lipinski definition) is 1. The standard InChI is InChI=1S/C9H12O3/c1-6-7(4-5-12-6)9(2,3)8(10)11/h4-5H,1-3H3,(H,10,11). The topological polar surface area (TPSA) is 50.4 Å². The van der Waals surface area contributed by atoms with Gasteiger partial charge in [0, 0.05) is 5.56 Å². The average molecular weight is 168 g/mol. The SMILES string of the molecule is Cc1occc1C(C)(C)C(=O)O. The molecule has 0 aromatic carbocycles. The van der Waals surface area contributed by atoms with Gasteiger partial charge in [0.05, 0.1) is 11.7 Å². The monoisotopic (exact) mass is 168 g/mol. The van der Waals surface area contributed by atoms with Crippen LogP contribution in [0.2, 0.25) is 0 Å². The predicted molar refractivity (Wildman–Crippen MR) is 44.1 cm³/mol. The van der Waals surface area contributed by atoms with E-state index in [2.05, 4.69) is 0 Å². The molecule has 1 rings (SSSR count). The molecule has 0 saturated carbocycles. The smallest absolute Gasteiger partial charge is 0.313 e. The highest BCUT2D eigenvalue weighted by Gasteiger charge is 2.32. The third-order valence-electron chi connectivity index (χ3n) is 2.07. The maximum Gasteiger partial charge on any atom is 0.313 e. The van der Waals surface area contributed by atoms with Crippen molar-refractivity contribution in [3.8, 4) is 0 Å².